The SMILES string of the molecule is COCCOC.[I][V]([I])[I]. The van der Waals surface area contributed by atoms with E-state index in [-0.39, 0.29) is 4.92 Å². The van der Waals surface area contributed by atoms with Crippen LogP contribution in [-0.2, 0) is 14.4 Å². The van der Waals surface area contributed by atoms with Crippen molar-refractivity contribution in [1.82, 2.24) is 0 Å². The van der Waals surface area contributed by atoms with E-state index in [1.807, 2.05) is 0 Å². The van der Waals surface area contributed by atoms with Crippen molar-refractivity contribution in [2.75, 3.05) is 27.4 Å². The molecule has 0 aliphatic rings. The summed E-state index contributed by atoms with van der Waals surface area (Å²) in [7, 11) is 3.30. The molecule has 2 nitrogen and oxygen atoms in total. The van der Waals surface area contributed by atoms with E-state index in [1.54, 1.807) is 14.2 Å². The van der Waals surface area contributed by atoms with Crippen LogP contribution in [0.3, 0.4) is 0 Å². The Hall–Kier alpha value is 2.69. The first-order valence-electron chi connectivity index (χ1n) is 2.40. The van der Waals surface area contributed by atoms with Gasteiger partial charge < -0.3 is 9.47 Å². The second-order valence-corrected chi connectivity index (χ2v) is 36.5. The Labute approximate surface area is 99.9 Å². The van der Waals surface area contributed by atoms with Crippen LogP contribution in [0, 0.1) is 0 Å². The number of methoxy groups -OCH3 is 2. The maximum absolute atomic E-state index is 4.66. The Kier molecular flexibility index (Phi) is 21.6. The number of ether oxygens (including phenoxy) is 2. The predicted octanol–water partition coefficient (Wildman–Crippen LogP) is 2.93. The molecule has 0 bridgehead atoms. The average molecular weight is 522 g/mol. The molecule has 0 amide bonds. The fraction of sp³-hybridized carbons (Fsp3) is 1.00. The van der Waals surface area contributed by atoms with E-state index in [0.29, 0.717) is 13.2 Å². The van der Waals surface area contributed by atoms with Crippen molar-refractivity contribution in [3.05, 3.63) is 0 Å². The molecule has 0 radical (unpaired) electrons. The van der Waals surface area contributed by atoms with Gasteiger partial charge in [0.05, 0.1) is 13.2 Å². The number of rotatable bonds is 3. The molecule has 0 aromatic carbocycles. The Balaban J connectivity index is 0. The number of hydrogen-bond donors (Lipinski definition) is 0. The molecule has 0 aliphatic carbocycles. The molecule has 0 fully saturated rings. The van der Waals surface area contributed by atoms with Gasteiger partial charge in [-0.2, -0.15) is 0 Å². The van der Waals surface area contributed by atoms with Crippen molar-refractivity contribution in [2.24, 2.45) is 0 Å². The van der Waals surface area contributed by atoms with Crippen LogP contribution in [0.5, 0.6) is 0 Å². The van der Waals surface area contributed by atoms with Gasteiger partial charge in [0.1, 0.15) is 0 Å². The summed E-state index contributed by atoms with van der Waals surface area (Å²) >= 11 is 7.39. The molecule has 0 aromatic rings. The second kappa shape index (κ2) is 14.2. The van der Waals surface area contributed by atoms with Gasteiger partial charge in [-0.05, 0) is 0 Å². The van der Waals surface area contributed by atoms with Crippen LogP contribution in [0.15, 0.2) is 0 Å². The van der Waals surface area contributed by atoms with Gasteiger partial charge in [-0.1, -0.05) is 0 Å². The van der Waals surface area contributed by atoms with E-state index < -0.39 is 0 Å². The Bertz CT molecular complexity index is 49.0. The fourth-order valence-corrected chi connectivity index (χ4v) is 0.167. The molecule has 0 rings (SSSR count). The summed E-state index contributed by atoms with van der Waals surface area (Å²) in [5, 5.41) is 0. The Morgan fingerprint density at radius 3 is 1.30 bits per heavy atom. The molecular weight excluding hydrogens is 512 g/mol. The van der Waals surface area contributed by atoms with Gasteiger partial charge in [-0.25, -0.2) is 0 Å². The van der Waals surface area contributed by atoms with Crippen molar-refractivity contribution in [1.29, 1.82) is 0 Å². The summed E-state index contributed by atoms with van der Waals surface area (Å²) in [6.07, 6.45) is 0. The van der Waals surface area contributed by atoms with Crippen LogP contribution in [0.25, 0.3) is 0 Å². The van der Waals surface area contributed by atoms with Gasteiger partial charge >= 0.3 is 64.9 Å². The summed E-state index contributed by atoms with van der Waals surface area (Å²) in [5.74, 6) is 0. The molecule has 0 saturated carbocycles. The van der Waals surface area contributed by atoms with Crippen LogP contribution >= 0.6 is 59.9 Å². The van der Waals surface area contributed by atoms with Crippen molar-refractivity contribution >= 4 is 59.9 Å². The maximum atomic E-state index is 4.66. The number of hydrogen-bond acceptors (Lipinski definition) is 2. The third-order valence-electron chi connectivity index (χ3n) is 0.492. The zero-order chi connectivity index (χ0) is 8.41. The van der Waals surface area contributed by atoms with Gasteiger partial charge in [0.25, 0.3) is 0 Å². The van der Waals surface area contributed by atoms with E-state index in [9.17, 15) is 0 Å². The van der Waals surface area contributed by atoms with Crippen molar-refractivity contribution in [2.45, 2.75) is 0 Å². The third kappa shape index (κ3) is 31.0. The Morgan fingerprint density at radius 1 is 1.00 bits per heavy atom. The molecule has 0 unspecified atom stereocenters. The molecule has 0 N–H and O–H groups in total. The van der Waals surface area contributed by atoms with Crippen molar-refractivity contribution in [3.63, 3.8) is 0 Å². The summed E-state index contributed by atoms with van der Waals surface area (Å²) in [6.45, 7) is 1.38. The predicted molar refractivity (Wildman–Crippen MR) is 65.8 cm³/mol. The quantitative estimate of drug-likeness (QED) is 0.420. The van der Waals surface area contributed by atoms with Crippen LogP contribution in [-0.4, -0.2) is 27.4 Å². The minimum absolute atomic E-state index is 0.278. The summed E-state index contributed by atoms with van der Waals surface area (Å²) in [6, 6.07) is 0. The van der Waals surface area contributed by atoms with E-state index >= 15 is 0 Å². The van der Waals surface area contributed by atoms with Gasteiger partial charge in [0.2, 0.25) is 0 Å². The minimum atomic E-state index is -0.278. The standard InChI is InChI=1S/C4H10O2.3HI.V/c1-5-3-4-6-2;;;;/h3-4H2,1-2H3;3*1H;/q;;;;+3/p-3. The van der Waals surface area contributed by atoms with E-state index in [0.717, 1.165) is 0 Å². The number of halogens is 3. The molecular formula is C4H10I3O2V. The van der Waals surface area contributed by atoms with E-state index in [1.165, 1.54) is 0 Å². The first-order chi connectivity index (χ1) is 4.65. The Morgan fingerprint density at radius 2 is 1.20 bits per heavy atom. The van der Waals surface area contributed by atoms with Gasteiger partial charge in [-0.15, -0.1) is 0 Å². The monoisotopic (exact) mass is 522 g/mol. The summed E-state index contributed by atoms with van der Waals surface area (Å²) < 4.78 is 9.31. The summed E-state index contributed by atoms with van der Waals surface area (Å²) in [4.78, 5) is -0.278. The first-order valence-corrected chi connectivity index (χ1v) is 15.9. The molecule has 0 heterocycles. The van der Waals surface area contributed by atoms with Gasteiger partial charge in [-0.3, -0.25) is 0 Å². The normalized spacial score (nSPS) is 9.00. The first kappa shape index (κ1) is 15.2. The molecule has 0 atom stereocenters. The molecule has 10 heavy (non-hydrogen) atoms. The summed E-state index contributed by atoms with van der Waals surface area (Å²) in [5.41, 5.74) is 0. The van der Waals surface area contributed by atoms with Crippen molar-refractivity contribution in [3.8, 4) is 0 Å². The fourth-order valence-electron chi connectivity index (χ4n) is 0.167. The van der Waals surface area contributed by atoms with E-state index in [2.05, 4.69) is 69.4 Å². The van der Waals surface area contributed by atoms with Gasteiger partial charge in [0.15, 0.2) is 0 Å². The average Bonchev–Trinajstić information content (AvgIpc) is 1.82. The zero-order valence-electron chi connectivity index (χ0n) is 5.81. The molecule has 6 heteroatoms. The topological polar surface area (TPSA) is 18.5 Å². The van der Waals surface area contributed by atoms with Crippen LogP contribution in [0.1, 0.15) is 0 Å². The van der Waals surface area contributed by atoms with Crippen LogP contribution in [0.4, 0.5) is 0 Å². The molecule has 0 saturated heterocycles. The second-order valence-electron chi connectivity index (χ2n) is 1.18. The van der Waals surface area contributed by atoms with Crippen LogP contribution in [0.2, 0.25) is 0 Å². The molecule has 64 valence electrons. The molecule has 0 aliphatic heterocycles. The zero-order valence-corrected chi connectivity index (χ0v) is 13.7. The molecule has 0 spiro atoms. The van der Waals surface area contributed by atoms with Gasteiger partial charge in [0, 0.05) is 14.2 Å². The third-order valence-corrected chi connectivity index (χ3v) is 0.492. The van der Waals surface area contributed by atoms with Crippen molar-refractivity contribution < 1.29 is 14.4 Å². The van der Waals surface area contributed by atoms with Crippen LogP contribution < -0.4 is 0 Å². The van der Waals surface area contributed by atoms with E-state index in [4.69, 9.17) is 0 Å². The molecule has 0 aromatic heterocycles.